The van der Waals surface area contributed by atoms with Crippen LogP contribution in [-0.2, 0) is 20.8 Å². The first-order valence-corrected chi connectivity index (χ1v) is 13.6. The van der Waals surface area contributed by atoms with Crippen LogP contribution in [0.25, 0.3) is 6.08 Å². The van der Waals surface area contributed by atoms with E-state index in [1.807, 2.05) is 55.8 Å². The number of hydrogen-bond acceptors (Lipinski definition) is 4. The maximum Gasteiger partial charge on any atom is 0.246 e. The van der Waals surface area contributed by atoms with Gasteiger partial charge in [0.2, 0.25) is 17.7 Å². The summed E-state index contributed by atoms with van der Waals surface area (Å²) in [6.07, 6.45) is 8.89. The zero-order valence-corrected chi connectivity index (χ0v) is 21.0. The van der Waals surface area contributed by atoms with Crippen LogP contribution in [0.5, 0.6) is 0 Å². The van der Waals surface area contributed by atoms with Crippen molar-refractivity contribution in [1.82, 2.24) is 9.80 Å². The SMILES string of the molecule is O=C(/C=C/c1ccsc1)N1CCC2(CC1)CCN(C(=O)CCC(=O)N1CCCc3ccccc31)C2. The molecule has 6 nitrogen and oxygen atoms in total. The number of carbonyl (C=O) groups is 3. The number of carbonyl (C=O) groups excluding carboxylic acids is 3. The second-order valence-corrected chi connectivity index (χ2v) is 10.8. The Bertz CT molecular complexity index is 1100. The number of amides is 3. The minimum absolute atomic E-state index is 0.0433. The van der Waals surface area contributed by atoms with Gasteiger partial charge in [0.15, 0.2) is 0 Å². The molecule has 0 unspecified atom stereocenters. The fraction of sp³-hybridized carbons (Fsp3) is 0.464. The Morgan fingerprint density at radius 3 is 2.43 bits per heavy atom. The Labute approximate surface area is 211 Å². The number of benzene rings is 1. The Balaban J connectivity index is 1.09. The van der Waals surface area contributed by atoms with Gasteiger partial charge in [0.05, 0.1) is 0 Å². The maximum atomic E-state index is 13.0. The highest BCUT2D eigenvalue weighted by molar-refractivity contribution is 7.08. The van der Waals surface area contributed by atoms with Crippen molar-refractivity contribution in [2.75, 3.05) is 37.6 Å². The molecule has 3 aliphatic heterocycles. The molecule has 2 fully saturated rings. The van der Waals surface area contributed by atoms with Gasteiger partial charge in [0, 0.05) is 57.3 Å². The van der Waals surface area contributed by atoms with Crippen molar-refractivity contribution in [1.29, 1.82) is 0 Å². The van der Waals surface area contributed by atoms with Crippen LogP contribution in [0.15, 0.2) is 47.2 Å². The van der Waals surface area contributed by atoms with Gasteiger partial charge >= 0.3 is 0 Å². The van der Waals surface area contributed by atoms with Crippen molar-refractivity contribution in [2.45, 2.75) is 44.9 Å². The highest BCUT2D eigenvalue weighted by atomic mass is 32.1. The van der Waals surface area contributed by atoms with Gasteiger partial charge in [-0.1, -0.05) is 18.2 Å². The van der Waals surface area contributed by atoms with Gasteiger partial charge in [-0.2, -0.15) is 11.3 Å². The number of thiophene rings is 1. The third kappa shape index (κ3) is 5.35. The number of nitrogens with zero attached hydrogens (tertiary/aromatic N) is 3. The van der Waals surface area contributed by atoms with Crippen LogP contribution in [0.4, 0.5) is 5.69 Å². The average molecular weight is 492 g/mol. The molecule has 1 aromatic carbocycles. The van der Waals surface area contributed by atoms with E-state index in [4.69, 9.17) is 0 Å². The average Bonchev–Trinajstić information content (AvgIpc) is 3.56. The standard InChI is InChI=1S/C28H33N3O3S/c32-25(8-7-22-11-19-35-20-22)29-16-12-28(13-17-29)14-18-30(21-28)26(33)9-10-27(34)31-15-3-5-23-4-1-2-6-24(23)31/h1-2,4,6-8,11,19-20H,3,5,9-10,12-18,21H2/b8-7+. The molecule has 3 amide bonds. The quantitative estimate of drug-likeness (QED) is 0.584. The Kier molecular flexibility index (Phi) is 7.04. The Hall–Kier alpha value is -2.93. The van der Waals surface area contributed by atoms with Crippen molar-refractivity contribution in [3.8, 4) is 0 Å². The van der Waals surface area contributed by atoms with Crippen LogP contribution in [0.2, 0.25) is 0 Å². The van der Waals surface area contributed by atoms with E-state index in [9.17, 15) is 14.4 Å². The predicted molar refractivity (Wildman–Crippen MR) is 139 cm³/mol. The molecule has 0 saturated carbocycles. The lowest BCUT2D eigenvalue weighted by molar-refractivity contribution is -0.133. The topological polar surface area (TPSA) is 60.9 Å². The summed E-state index contributed by atoms with van der Waals surface area (Å²) in [5.41, 5.74) is 3.39. The molecule has 35 heavy (non-hydrogen) atoms. The fourth-order valence-electron chi connectivity index (χ4n) is 5.70. The predicted octanol–water partition coefficient (Wildman–Crippen LogP) is 4.36. The maximum absolute atomic E-state index is 13.0. The highest BCUT2D eigenvalue weighted by Crippen LogP contribution is 2.40. The van der Waals surface area contributed by atoms with Gasteiger partial charge in [0.25, 0.3) is 0 Å². The smallest absolute Gasteiger partial charge is 0.246 e. The summed E-state index contributed by atoms with van der Waals surface area (Å²) in [5, 5.41) is 4.03. The molecule has 0 radical (unpaired) electrons. The van der Waals surface area contributed by atoms with Crippen molar-refractivity contribution in [3.05, 3.63) is 58.3 Å². The first kappa shape index (κ1) is 23.8. The summed E-state index contributed by atoms with van der Waals surface area (Å²) in [6, 6.07) is 10.1. The van der Waals surface area contributed by atoms with Crippen LogP contribution in [-0.4, -0.2) is 60.2 Å². The zero-order chi connectivity index (χ0) is 24.3. The van der Waals surface area contributed by atoms with Crippen LogP contribution in [0.1, 0.15) is 49.7 Å². The summed E-state index contributed by atoms with van der Waals surface area (Å²) in [6.45, 7) is 3.71. The third-order valence-electron chi connectivity index (χ3n) is 7.85. The lowest BCUT2D eigenvalue weighted by atomic mass is 9.78. The molecule has 0 atom stereocenters. The van der Waals surface area contributed by atoms with Gasteiger partial charge in [-0.05, 0) is 77.6 Å². The van der Waals surface area contributed by atoms with Crippen LogP contribution >= 0.6 is 11.3 Å². The minimum atomic E-state index is 0.0433. The molecule has 0 N–H and O–H groups in total. The van der Waals surface area contributed by atoms with E-state index in [-0.39, 0.29) is 36.0 Å². The molecule has 184 valence electrons. The van der Waals surface area contributed by atoms with E-state index >= 15 is 0 Å². The second kappa shape index (κ2) is 10.4. The summed E-state index contributed by atoms with van der Waals surface area (Å²) in [5.74, 6) is 0.189. The normalized spacial score (nSPS) is 19.4. The van der Waals surface area contributed by atoms with Gasteiger partial charge in [-0.3, -0.25) is 14.4 Å². The van der Waals surface area contributed by atoms with Gasteiger partial charge < -0.3 is 14.7 Å². The number of hydrogen-bond donors (Lipinski definition) is 0. The molecule has 4 heterocycles. The van der Waals surface area contributed by atoms with Crippen molar-refractivity contribution in [2.24, 2.45) is 5.41 Å². The van der Waals surface area contributed by atoms with E-state index in [2.05, 4.69) is 6.07 Å². The lowest BCUT2D eigenvalue weighted by Crippen LogP contribution is -2.44. The fourth-order valence-corrected chi connectivity index (χ4v) is 6.33. The summed E-state index contributed by atoms with van der Waals surface area (Å²) >= 11 is 1.62. The number of piperidine rings is 1. The summed E-state index contributed by atoms with van der Waals surface area (Å²) < 4.78 is 0. The number of para-hydroxylation sites is 1. The van der Waals surface area contributed by atoms with Crippen LogP contribution in [0.3, 0.4) is 0 Å². The van der Waals surface area contributed by atoms with Crippen LogP contribution < -0.4 is 4.90 Å². The van der Waals surface area contributed by atoms with Crippen LogP contribution in [0, 0.1) is 5.41 Å². The van der Waals surface area contributed by atoms with Gasteiger partial charge in [-0.25, -0.2) is 0 Å². The zero-order valence-electron chi connectivity index (χ0n) is 20.2. The van der Waals surface area contributed by atoms with E-state index in [1.54, 1.807) is 17.4 Å². The Morgan fingerprint density at radius 1 is 0.914 bits per heavy atom. The monoisotopic (exact) mass is 491 g/mol. The van der Waals surface area contributed by atoms with E-state index in [0.717, 1.165) is 76.1 Å². The van der Waals surface area contributed by atoms with Gasteiger partial charge in [-0.15, -0.1) is 0 Å². The minimum Gasteiger partial charge on any atom is -0.342 e. The van der Waals surface area contributed by atoms with Gasteiger partial charge in [0.1, 0.15) is 0 Å². The lowest BCUT2D eigenvalue weighted by Gasteiger charge is -2.39. The van der Waals surface area contributed by atoms with E-state index < -0.39 is 0 Å². The number of fused-ring (bicyclic) bond motifs is 1. The largest absolute Gasteiger partial charge is 0.342 e. The first-order valence-electron chi connectivity index (χ1n) is 12.7. The summed E-state index contributed by atoms with van der Waals surface area (Å²) in [4.78, 5) is 44.2. The van der Waals surface area contributed by atoms with E-state index in [1.165, 1.54) is 5.56 Å². The van der Waals surface area contributed by atoms with Crippen molar-refractivity contribution < 1.29 is 14.4 Å². The number of likely N-dealkylation sites (tertiary alicyclic amines) is 2. The Morgan fingerprint density at radius 2 is 1.66 bits per heavy atom. The molecule has 0 bridgehead atoms. The molecule has 3 aliphatic rings. The molecular weight excluding hydrogens is 458 g/mol. The highest BCUT2D eigenvalue weighted by Gasteiger charge is 2.42. The molecule has 1 spiro atoms. The third-order valence-corrected chi connectivity index (χ3v) is 8.55. The molecule has 2 saturated heterocycles. The number of aryl methyl sites for hydroxylation is 1. The molecule has 7 heteroatoms. The first-order chi connectivity index (χ1) is 17.0. The molecule has 5 rings (SSSR count). The van der Waals surface area contributed by atoms with Crippen molar-refractivity contribution >= 4 is 40.8 Å². The second-order valence-electron chi connectivity index (χ2n) is 10.1. The molecular formula is C28H33N3O3S. The van der Waals surface area contributed by atoms with Crippen molar-refractivity contribution in [3.63, 3.8) is 0 Å². The molecule has 1 aromatic heterocycles. The molecule has 0 aliphatic carbocycles. The number of rotatable bonds is 5. The molecule has 2 aromatic rings. The van der Waals surface area contributed by atoms with E-state index in [0.29, 0.717) is 0 Å². The number of anilines is 1. The summed E-state index contributed by atoms with van der Waals surface area (Å²) in [7, 11) is 0.